The van der Waals surface area contributed by atoms with Gasteiger partial charge in [-0.15, -0.1) is 0 Å². The molecule has 2 rings (SSSR count). The number of ether oxygens (including phenoxy) is 1. The second kappa shape index (κ2) is 5.96. The number of hydrogen-bond donors (Lipinski definition) is 2. The van der Waals surface area contributed by atoms with Crippen molar-refractivity contribution in [3.05, 3.63) is 24.2 Å². The molecule has 1 saturated heterocycles. The maximum atomic E-state index is 12.4. The van der Waals surface area contributed by atoms with Crippen molar-refractivity contribution in [1.82, 2.24) is 15.5 Å². The average Bonchev–Trinajstić information content (AvgIpc) is 3.04. The quantitative estimate of drug-likeness (QED) is 0.559. The lowest BCUT2D eigenvalue weighted by Crippen LogP contribution is -2.43. The minimum Gasteiger partial charge on any atom is -0.466 e. The third-order valence-electron chi connectivity index (χ3n) is 3.22. The zero-order valence-electron chi connectivity index (χ0n) is 11.8. The summed E-state index contributed by atoms with van der Waals surface area (Å²) in [7, 11) is 1.51. The van der Waals surface area contributed by atoms with E-state index in [1.807, 2.05) is 0 Å². The van der Waals surface area contributed by atoms with Gasteiger partial charge in [0.15, 0.2) is 5.54 Å². The van der Waals surface area contributed by atoms with Gasteiger partial charge in [0.05, 0.1) is 12.9 Å². The molecule has 0 unspecified atom stereocenters. The molecule has 0 saturated carbocycles. The van der Waals surface area contributed by atoms with Crippen LogP contribution in [0.3, 0.4) is 0 Å². The highest BCUT2D eigenvalue weighted by molar-refractivity contribution is 6.08. The van der Waals surface area contributed by atoms with Gasteiger partial charge in [0.1, 0.15) is 12.3 Å². The fourth-order valence-electron chi connectivity index (χ4n) is 2.06. The Labute approximate surface area is 121 Å². The molecular formula is C13H17N3O5. The molecule has 21 heavy (non-hydrogen) atoms. The fourth-order valence-corrected chi connectivity index (χ4v) is 2.06. The van der Waals surface area contributed by atoms with E-state index in [2.05, 4.69) is 10.6 Å². The van der Waals surface area contributed by atoms with Crippen LogP contribution in [0.4, 0.5) is 4.79 Å². The molecule has 0 bridgehead atoms. The van der Waals surface area contributed by atoms with E-state index in [-0.39, 0.29) is 6.54 Å². The number of furan rings is 1. The van der Waals surface area contributed by atoms with Crippen LogP contribution in [-0.4, -0.2) is 49.6 Å². The molecule has 0 spiro atoms. The molecule has 1 aliphatic rings. The van der Waals surface area contributed by atoms with Crippen molar-refractivity contribution in [1.29, 1.82) is 0 Å². The van der Waals surface area contributed by atoms with Crippen molar-refractivity contribution in [3.63, 3.8) is 0 Å². The van der Waals surface area contributed by atoms with Gasteiger partial charge in [-0.05, 0) is 19.1 Å². The van der Waals surface area contributed by atoms with Crippen molar-refractivity contribution in [2.45, 2.75) is 12.5 Å². The number of methoxy groups -OCH3 is 1. The molecule has 2 N–H and O–H groups in total. The van der Waals surface area contributed by atoms with E-state index in [0.717, 1.165) is 4.90 Å². The normalized spacial score (nSPS) is 21.5. The number of carbonyl (C=O) groups is 3. The Morgan fingerprint density at radius 3 is 2.90 bits per heavy atom. The molecule has 8 nitrogen and oxygen atoms in total. The summed E-state index contributed by atoms with van der Waals surface area (Å²) in [4.78, 5) is 36.9. The summed E-state index contributed by atoms with van der Waals surface area (Å²) in [5.41, 5.74) is -1.28. The summed E-state index contributed by atoms with van der Waals surface area (Å²) in [6.07, 6.45) is 1.42. The van der Waals surface area contributed by atoms with Crippen molar-refractivity contribution in [2.75, 3.05) is 26.8 Å². The number of rotatable bonds is 6. The van der Waals surface area contributed by atoms with E-state index >= 15 is 0 Å². The van der Waals surface area contributed by atoms with Gasteiger partial charge in [-0.3, -0.25) is 14.5 Å². The standard InChI is InChI=1S/C13H17N3O5/c1-13(9-4-3-6-21-9)11(18)16(12(19)15-13)8-10(17)14-5-7-20-2/h3-4,6H,5,7-8H2,1-2H3,(H,14,17)(H,15,19)/t13-/m0/s1. The monoisotopic (exact) mass is 295 g/mol. The SMILES string of the molecule is COCCNC(=O)CN1C(=O)N[C@@](C)(c2ccco2)C1=O. The number of urea groups is 1. The summed E-state index contributed by atoms with van der Waals surface area (Å²) in [6, 6.07) is 2.60. The Morgan fingerprint density at radius 2 is 2.29 bits per heavy atom. The van der Waals surface area contributed by atoms with Crippen molar-refractivity contribution < 1.29 is 23.5 Å². The molecule has 1 fully saturated rings. The van der Waals surface area contributed by atoms with Crippen molar-refractivity contribution in [3.8, 4) is 0 Å². The fraction of sp³-hybridized carbons (Fsp3) is 0.462. The minimum absolute atomic E-state index is 0.314. The Balaban J connectivity index is 2.04. The molecule has 2 heterocycles. The van der Waals surface area contributed by atoms with Crippen molar-refractivity contribution in [2.24, 2.45) is 0 Å². The number of amides is 4. The van der Waals surface area contributed by atoms with E-state index in [1.165, 1.54) is 20.3 Å². The zero-order valence-corrected chi connectivity index (χ0v) is 11.8. The first kappa shape index (κ1) is 15.0. The predicted octanol–water partition coefficient (Wildman–Crippen LogP) is -0.191. The van der Waals surface area contributed by atoms with E-state index in [9.17, 15) is 14.4 Å². The van der Waals surface area contributed by atoms with Gasteiger partial charge in [-0.25, -0.2) is 4.79 Å². The second-order valence-corrected chi connectivity index (χ2v) is 4.77. The molecule has 1 aromatic rings. The first-order valence-corrected chi connectivity index (χ1v) is 6.43. The molecule has 1 aliphatic heterocycles. The van der Waals surface area contributed by atoms with Crippen LogP contribution < -0.4 is 10.6 Å². The largest absolute Gasteiger partial charge is 0.466 e. The highest BCUT2D eigenvalue weighted by Gasteiger charge is 2.51. The Bertz CT molecular complexity index is 542. The Hall–Kier alpha value is -2.35. The maximum absolute atomic E-state index is 12.4. The van der Waals surface area contributed by atoms with E-state index in [0.29, 0.717) is 18.9 Å². The van der Waals surface area contributed by atoms with E-state index in [4.69, 9.17) is 9.15 Å². The number of nitrogens with zero attached hydrogens (tertiary/aromatic N) is 1. The van der Waals surface area contributed by atoms with Gasteiger partial charge >= 0.3 is 6.03 Å². The third-order valence-corrected chi connectivity index (χ3v) is 3.22. The smallest absolute Gasteiger partial charge is 0.325 e. The lowest BCUT2D eigenvalue weighted by atomic mass is 9.99. The van der Waals surface area contributed by atoms with E-state index < -0.39 is 23.4 Å². The number of hydrogen-bond acceptors (Lipinski definition) is 5. The summed E-state index contributed by atoms with van der Waals surface area (Å²) in [6.45, 7) is 1.87. The van der Waals surface area contributed by atoms with Gasteiger partial charge in [0.25, 0.3) is 5.91 Å². The minimum atomic E-state index is -1.28. The summed E-state index contributed by atoms with van der Waals surface area (Å²) in [5, 5.41) is 5.10. The van der Waals surface area contributed by atoms with Crippen molar-refractivity contribution >= 4 is 17.8 Å². The van der Waals surface area contributed by atoms with Crippen LogP contribution in [0.1, 0.15) is 12.7 Å². The predicted molar refractivity (Wildman–Crippen MR) is 71.2 cm³/mol. The molecule has 114 valence electrons. The van der Waals surface area contributed by atoms with Gasteiger partial charge in [-0.1, -0.05) is 0 Å². The lowest BCUT2D eigenvalue weighted by Gasteiger charge is -2.18. The number of nitrogens with one attached hydrogen (secondary N) is 2. The molecule has 4 amide bonds. The number of imide groups is 1. The van der Waals surface area contributed by atoms with Crippen LogP contribution in [0.5, 0.6) is 0 Å². The molecule has 8 heteroatoms. The van der Waals surface area contributed by atoms with Gasteiger partial charge in [0, 0.05) is 13.7 Å². The average molecular weight is 295 g/mol. The van der Waals surface area contributed by atoms with Gasteiger partial charge in [-0.2, -0.15) is 0 Å². The first-order chi connectivity index (χ1) is 9.99. The van der Waals surface area contributed by atoms with E-state index in [1.54, 1.807) is 12.1 Å². The molecule has 0 radical (unpaired) electrons. The van der Waals surface area contributed by atoms with Crippen LogP contribution >= 0.6 is 0 Å². The Kier molecular flexibility index (Phi) is 4.27. The van der Waals surface area contributed by atoms with Crippen LogP contribution in [0.25, 0.3) is 0 Å². The molecule has 0 aromatic carbocycles. The van der Waals surface area contributed by atoms with Crippen LogP contribution in [0.15, 0.2) is 22.8 Å². The topological polar surface area (TPSA) is 101 Å². The summed E-state index contributed by atoms with van der Waals surface area (Å²) in [5.74, 6) is -0.633. The third kappa shape index (κ3) is 2.89. The maximum Gasteiger partial charge on any atom is 0.325 e. The highest BCUT2D eigenvalue weighted by Crippen LogP contribution is 2.28. The summed E-state index contributed by atoms with van der Waals surface area (Å²) >= 11 is 0. The first-order valence-electron chi connectivity index (χ1n) is 6.43. The van der Waals surface area contributed by atoms with Crippen LogP contribution in [0, 0.1) is 0 Å². The van der Waals surface area contributed by atoms with Crippen LogP contribution in [0.2, 0.25) is 0 Å². The Morgan fingerprint density at radius 1 is 1.52 bits per heavy atom. The molecule has 0 aliphatic carbocycles. The van der Waals surface area contributed by atoms with Gasteiger partial charge < -0.3 is 19.8 Å². The lowest BCUT2D eigenvalue weighted by molar-refractivity contribution is -0.135. The second-order valence-electron chi connectivity index (χ2n) is 4.77. The van der Waals surface area contributed by atoms with Gasteiger partial charge in [0.2, 0.25) is 5.91 Å². The highest BCUT2D eigenvalue weighted by atomic mass is 16.5. The molecule has 1 aromatic heterocycles. The molecular weight excluding hydrogens is 278 g/mol. The zero-order chi connectivity index (χ0) is 15.5. The number of carbonyl (C=O) groups excluding carboxylic acids is 3. The summed E-state index contributed by atoms with van der Waals surface area (Å²) < 4.78 is 9.99. The molecule has 1 atom stereocenters. The van der Waals surface area contributed by atoms with Crippen LogP contribution in [-0.2, 0) is 19.9 Å².